The maximum absolute atomic E-state index is 11.1. The third-order valence-corrected chi connectivity index (χ3v) is 2.60. The minimum atomic E-state index is -2.38. The Labute approximate surface area is 115 Å². The number of nitrogens with two attached hydrogens (primary N) is 1. The van der Waals surface area contributed by atoms with Gasteiger partial charge < -0.3 is 15.6 Å². The van der Waals surface area contributed by atoms with Crippen molar-refractivity contribution in [2.45, 2.75) is 26.2 Å². The maximum atomic E-state index is 11.1. The Morgan fingerprint density at radius 1 is 1.24 bits per heavy atom. The molecule has 0 aromatic carbocycles. The second-order valence-electron chi connectivity index (χ2n) is 3.34. The first-order chi connectivity index (χ1) is 7.81. The normalized spacial score (nSPS) is 12.1. The summed E-state index contributed by atoms with van der Waals surface area (Å²) in [6.45, 7) is 5.29. The third kappa shape index (κ3) is 16.6. The van der Waals surface area contributed by atoms with Gasteiger partial charge in [-0.05, 0) is 6.42 Å². The summed E-state index contributed by atoms with van der Waals surface area (Å²) < 4.78 is 20.9. The second kappa shape index (κ2) is 16.6. The Bertz CT molecular complexity index is 178. The molecule has 0 aromatic heterocycles. The minimum Gasteiger partial charge on any atom is -0.329 e. The lowest BCUT2D eigenvalue weighted by Crippen LogP contribution is -2.30. The van der Waals surface area contributed by atoms with Gasteiger partial charge in [0.25, 0.3) is 0 Å². The fourth-order valence-corrected chi connectivity index (χ4v) is 1.60. The summed E-state index contributed by atoms with van der Waals surface area (Å²) in [6.07, 6.45) is 3.14. The van der Waals surface area contributed by atoms with Gasteiger partial charge in [-0.2, -0.15) is 5.48 Å². The molecule has 1 atom stereocenters. The monoisotopic (exact) mass is 283 g/mol. The van der Waals surface area contributed by atoms with Crippen molar-refractivity contribution in [2.24, 2.45) is 5.73 Å². The van der Waals surface area contributed by atoms with Crippen molar-refractivity contribution in [3.63, 3.8) is 0 Å². The molecule has 6 nitrogen and oxygen atoms in total. The molecule has 0 spiro atoms. The first-order valence-corrected chi connectivity index (χ1v) is 7.01. The molecular weight excluding hydrogens is 256 g/mol. The predicted octanol–water partition coefficient (Wildman–Crippen LogP) is -0.531. The van der Waals surface area contributed by atoms with E-state index in [0.717, 1.165) is 32.4 Å². The number of nitrogens with one attached hydrogen (secondary N) is 2. The van der Waals surface area contributed by atoms with Crippen LogP contribution in [0.1, 0.15) is 26.2 Å². The molecule has 4 N–H and O–H groups in total. The zero-order valence-electron chi connectivity index (χ0n) is 9.96. The molecule has 0 aromatic rings. The van der Waals surface area contributed by atoms with Gasteiger partial charge in [-0.3, -0.25) is 4.57 Å². The fourth-order valence-electron chi connectivity index (χ4n) is 1.01. The van der Waals surface area contributed by atoms with Crippen molar-refractivity contribution >= 4 is 25.6 Å². The average Bonchev–Trinajstić information content (AvgIpc) is 2.29. The molecule has 0 radical (unpaired) electrons. The standard InChI is InChI=1S/C9H24N3O3P.Al.3H/c1-2-3-4-9-14-16(13)15-12-8-7-11-6-5-10;;;;/h11-12,16H,2-10H2,1H3;;;;. The molecule has 8 heteroatoms. The van der Waals surface area contributed by atoms with Gasteiger partial charge in [0.05, 0.1) is 6.61 Å². The van der Waals surface area contributed by atoms with E-state index in [2.05, 4.69) is 17.7 Å². The smallest absolute Gasteiger partial charge is 0.329 e. The molecule has 1 unspecified atom stereocenters. The SMILES string of the molecule is CCCCCO[PH](=O)ONCCNCCN.[AlH3]. The van der Waals surface area contributed by atoms with E-state index in [0.29, 0.717) is 19.7 Å². The molecule has 0 saturated heterocycles. The molecule has 0 aliphatic carbocycles. The van der Waals surface area contributed by atoms with Crippen molar-refractivity contribution in [1.82, 2.24) is 10.8 Å². The average molecular weight is 283 g/mol. The van der Waals surface area contributed by atoms with Gasteiger partial charge in [0.1, 0.15) is 0 Å². The molecule has 104 valence electrons. The third-order valence-electron chi connectivity index (χ3n) is 1.85. The summed E-state index contributed by atoms with van der Waals surface area (Å²) in [4.78, 5) is 0. The lowest BCUT2D eigenvalue weighted by atomic mass is 10.3. The molecule has 0 heterocycles. The quantitative estimate of drug-likeness (QED) is 0.193. The van der Waals surface area contributed by atoms with Crippen LogP contribution in [0.3, 0.4) is 0 Å². The highest BCUT2D eigenvalue weighted by molar-refractivity contribution is 7.33. The van der Waals surface area contributed by atoms with E-state index < -0.39 is 8.25 Å². The minimum absolute atomic E-state index is 0. The van der Waals surface area contributed by atoms with Crippen LogP contribution in [0.25, 0.3) is 0 Å². The van der Waals surface area contributed by atoms with Gasteiger partial charge in [-0.25, -0.2) is 4.62 Å². The topological polar surface area (TPSA) is 85.6 Å². The van der Waals surface area contributed by atoms with Crippen LogP contribution >= 0.6 is 8.25 Å². The largest absolute Gasteiger partial charge is 0.335 e. The zero-order chi connectivity index (χ0) is 12.1. The van der Waals surface area contributed by atoms with E-state index in [9.17, 15) is 4.57 Å². The Balaban J connectivity index is 0. The molecule has 0 fully saturated rings. The van der Waals surface area contributed by atoms with E-state index in [1.165, 1.54) is 0 Å². The molecule has 0 aliphatic rings. The summed E-state index contributed by atoms with van der Waals surface area (Å²) >= 11 is 0. The van der Waals surface area contributed by atoms with Crippen LogP contribution in [0.5, 0.6) is 0 Å². The first-order valence-electron chi connectivity index (χ1n) is 5.78. The number of hydrogen-bond acceptors (Lipinski definition) is 6. The van der Waals surface area contributed by atoms with Gasteiger partial charge in [-0.1, -0.05) is 19.8 Å². The van der Waals surface area contributed by atoms with Gasteiger partial charge in [0.2, 0.25) is 0 Å². The Hall–Kier alpha value is 0.562. The lowest BCUT2D eigenvalue weighted by molar-refractivity contribution is 0.155. The van der Waals surface area contributed by atoms with Crippen LogP contribution in [-0.2, 0) is 13.7 Å². The van der Waals surface area contributed by atoms with Gasteiger partial charge in [0, 0.05) is 26.2 Å². The van der Waals surface area contributed by atoms with Crippen LogP contribution in [0.15, 0.2) is 0 Å². The molecule has 0 aliphatic heterocycles. The van der Waals surface area contributed by atoms with Crippen molar-refractivity contribution in [3.8, 4) is 0 Å². The highest BCUT2D eigenvalue weighted by Gasteiger charge is 1.98. The van der Waals surface area contributed by atoms with Crippen LogP contribution < -0.4 is 16.5 Å². The van der Waals surface area contributed by atoms with E-state index >= 15 is 0 Å². The highest BCUT2D eigenvalue weighted by atomic mass is 31.1. The molecular formula is C9H27AlN3O3P. The summed E-state index contributed by atoms with van der Waals surface area (Å²) in [5, 5.41) is 3.07. The predicted molar refractivity (Wildman–Crippen MR) is 75.4 cm³/mol. The zero-order valence-corrected chi connectivity index (χ0v) is 11.0. The highest BCUT2D eigenvalue weighted by Crippen LogP contribution is 2.21. The van der Waals surface area contributed by atoms with E-state index in [1.54, 1.807) is 0 Å². The van der Waals surface area contributed by atoms with Crippen LogP contribution in [0, 0.1) is 0 Å². The summed E-state index contributed by atoms with van der Waals surface area (Å²) in [6, 6.07) is 0. The fraction of sp³-hybridized carbons (Fsp3) is 1.00. The van der Waals surface area contributed by atoms with Crippen LogP contribution in [-0.4, -0.2) is 50.1 Å². The van der Waals surface area contributed by atoms with Crippen LogP contribution in [0.2, 0.25) is 0 Å². The number of hydrogen-bond donors (Lipinski definition) is 3. The van der Waals surface area contributed by atoms with Gasteiger partial charge in [-0.15, -0.1) is 0 Å². The van der Waals surface area contributed by atoms with E-state index in [4.69, 9.17) is 14.9 Å². The molecule has 0 rings (SSSR count). The summed E-state index contributed by atoms with van der Waals surface area (Å²) in [5.41, 5.74) is 7.88. The summed E-state index contributed by atoms with van der Waals surface area (Å²) in [7, 11) is -2.38. The second-order valence-corrected chi connectivity index (χ2v) is 4.33. The van der Waals surface area contributed by atoms with Crippen molar-refractivity contribution in [2.75, 3.05) is 32.8 Å². The number of rotatable bonds is 12. The maximum Gasteiger partial charge on any atom is 0.335 e. The van der Waals surface area contributed by atoms with E-state index in [-0.39, 0.29) is 17.4 Å². The molecule has 17 heavy (non-hydrogen) atoms. The van der Waals surface area contributed by atoms with Crippen molar-refractivity contribution in [1.29, 1.82) is 0 Å². The molecule has 0 saturated carbocycles. The number of unbranched alkanes of at least 4 members (excludes halogenated alkanes) is 2. The van der Waals surface area contributed by atoms with Gasteiger partial charge in [0.15, 0.2) is 17.4 Å². The first kappa shape index (κ1) is 19.9. The Kier molecular flexibility index (Phi) is 19.4. The van der Waals surface area contributed by atoms with Crippen molar-refractivity contribution < 1.29 is 13.7 Å². The lowest BCUT2D eigenvalue weighted by Gasteiger charge is -2.06. The number of hydroxylamine groups is 1. The van der Waals surface area contributed by atoms with Gasteiger partial charge >= 0.3 is 8.25 Å². The Morgan fingerprint density at radius 2 is 2.00 bits per heavy atom. The van der Waals surface area contributed by atoms with Crippen LogP contribution in [0.4, 0.5) is 0 Å². The van der Waals surface area contributed by atoms with E-state index in [1.807, 2.05) is 0 Å². The molecule has 0 bridgehead atoms. The molecule has 0 amide bonds. The van der Waals surface area contributed by atoms with Crippen molar-refractivity contribution in [3.05, 3.63) is 0 Å². The Morgan fingerprint density at radius 3 is 2.65 bits per heavy atom. The summed E-state index contributed by atoms with van der Waals surface area (Å²) in [5.74, 6) is 0.